The zero-order valence-electron chi connectivity index (χ0n) is 11.6. The van der Waals surface area contributed by atoms with Gasteiger partial charge in [-0.1, -0.05) is 0 Å². The Morgan fingerprint density at radius 2 is 1.90 bits per heavy atom. The Balaban J connectivity index is 2.43. The van der Waals surface area contributed by atoms with Gasteiger partial charge in [0.05, 0.1) is 40.1 Å². The van der Waals surface area contributed by atoms with Crippen LogP contribution in [0.2, 0.25) is 0 Å². The van der Waals surface area contributed by atoms with E-state index < -0.39 is 5.91 Å². The number of carbonyl (C=O) groups excluding carboxylic acids is 1. The molecule has 0 aromatic heterocycles. The standard InChI is InChI=1S/C14H21NO5/c1-18-12-2-3-13(14(15)17)11(10-12)4-6-19-8-9-20-7-5-16/h2-3,10,16H,4-9H2,1H3,(H2,15,17). The normalized spacial score (nSPS) is 10.5. The molecule has 0 atom stereocenters. The molecule has 112 valence electrons. The average molecular weight is 283 g/mol. The fraction of sp³-hybridized carbons (Fsp3) is 0.500. The summed E-state index contributed by atoms with van der Waals surface area (Å²) in [6.45, 7) is 1.64. The van der Waals surface area contributed by atoms with Gasteiger partial charge >= 0.3 is 0 Å². The van der Waals surface area contributed by atoms with E-state index in [1.165, 1.54) is 0 Å². The maximum atomic E-state index is 11.3. The van der Waals surface area contributed by atoms with Crippen LogP contribution in [0.3, 0.4) is 0 Å². The first-order valence-corrected chi connectivity index (χ1v) is 6.42. The van der Waals surface area contributed by atoms with Gasteiger partial charge < -0.3 is 25.1 Å². The van der Waals surface area contributed by atoms with Gasteiger partial charge in [0.2, 0.25) is 5.91 Å². The van der Waals surface area contributed by atoms with Crippen LogP contribution >= 0.6 is 0 Å². The monoisotopic (exact) mass is 283 g/mol. The van der Waals surface area contributed by atoms with Gasteiger partial charge in [0, 0.05) is 5.56 Å². The van der Waals surface area contributed by atoms with Gasteiger partial charge in [0.1, 0.15) is 5.75 Å². The highest BCUT2D eigenvalue weighted by molar-refractivity contribution is 5.94. The highest BCUT2D eigenvalue weighted by Crippen LogP contribution is 2.18. The first-order valence-electron chi connectivity index (χ1n) is 6.42. The molecule has 1 rings (SSSR count). The molecule has 0 heterocycles. The number of aliphatic hydroxyl groups excluding tert-OH is 1. The highest BCUT2D eigenvalue weighted by atomic mass is 16.5. The minimum Gasteiger partial charge on any atom is -0.497 e. The molecule has 0 spiro atoms. The Morgan fingerprint density at radius 1 is 1.20 bits per heavy atom. The van der Waals surface area contributed by atoms with Crippen molar-refractivity contribution in [2.75, 3.05) is 40.1 Å². The smallest absolute Gasteiger partial charge is 0.248 e. The van der Waals surface area contributed by atoms with Gasteiger partial charge in [-0.05, 0) is 30.2 Å². The fourth-order valence-electron chi connectivity index (χ4n) is 1.71. The zero-order valence-corrected chi connectivity index (χ0v) is 11.6. The molecule has 0 saturated heterocycles. The maximum absolute atomic E-state index is 11.3. The Labute approximate surface area is 118 Å². The van der Waals surface area contributed by atoms with Crippen molar-refractivity contribution in [1.82, 2.24) is 0 Å². The van der Waals surface area contributed by atoms with Crippen molar-refractivity contribution < 1.29 is 24.1 Å². The second-order valence-electron chi connectivity index (χ2n) is 4.09. The Morgan fingerprint density at radius 3 is 2.50 bits per heavy atom. The number of rotatable bonds is 10. The van der Waals surface area contributed by atoms with Gasteiger partial charge in [0.25, 0.3) is 0 Å². The fourth-order valence-corrected chi connectivity index (χ4v) is 1.71. The second-order valence-corrected chi connectivity index (χ2v) is 4.09. The number of hydrogen-bond donors (Lipinski definition) is 2. The second kappa shape index (κ2) is 9.30. The van der Waals surface area contributed by atoms with Crippen LogP contribution in [0.25, 0.3) is 0 Å². The molecular weight excluding hydrogens is 262 g/mol. The molecule has 6 heteroatoms. The SMILES string of the molecule is COc1ccc(C(N)=O)c(CCOCCOCCO)c1. The van der Waals surface area contributed by atoms with Crippen LogP contribution in [0.15, 0.2) is 18.2 Å². The van der Waals surface area contributed by atoms with E-state index in [4.69, 9.17) is 25.1 Å². The summed E-state index contributed by atoms with van der Waals surface area (Å²) in [5, 5.41) is 8.53. The number of hydrogen-bond acceptors (Lipinski definition) is 5. The molecule has 1 aromatic carbocycles. The largest absolute Gasteiger partial charge is 0.497 e. The van der Waals surface area contributed by atoms with Gasteiger partial charge in [0.15, 0.2) is 0 Å². The molecular formula is C14H21NO5. The van der Waals surface area contributed by atoms with E-state index in [2.05, 4.69) is 0 Å². The lowest BCUT2D eigenvalue weighted by Gasteiger charge is -2.10. The van der Waals surface area contributed by atoms with Crippen LogP contribution in [0, 0.1) is 0 Å². The molecule has 6 nitrogen and oxygen atoms in total. The summed E-state index contributed by atoms with van der Waals surface area (Å²) in [6.07, 6.45) is 0.565. The summed E-state index contributed by atoms with van der Waals surface area (Å²) in [7, 11) is 1.57. The van der Waals surface area contributed by atoms with E-state index in [1.807, 2.05) is 0 Å². The third-order valence-electron chi connectivity index (χ3n) is 2.70. The molecule has 0 radical (unpaired) electrons. The predicted octanol–water partition coefficient (Wildman–Crippen LogP) is 0.362. The number of primary amides is 1. The third-order valence-corrected chi connectivity index (χ3v) is 2.70. The number of carbonyl (C=O) groups is 1. The Hall–Kier alpha value is -1.63. The number of methoxy groups -OCH3 is 1. The van der Waals surface area contributed by atoms with Crippen LogP contribution in [-0.2, 0) is 15.9 Å². The third kappa shape index (κ3) is 5.56. The molecule has 0 saturated carbocycles. The molecule has 0 aliphatic heterocycles. The number of amides is 1. The topological polar surface area (TPSA) is 91.0 Å². The number of aliphatic hydroxyl groups is 1. The van der Waals surface area contributed by atoms with Crippen LogP contribution in [-0.4, -0.2) is 51.2 Å². The molecule has 1 aromatic rings. The van der Waals surface area contributed by atoms with Crippen molar-refractivity contribution in [2.24, 2.45) is 5.73 Å². The maximum Gasteiger partial charge on any atom is 0.248 e. The number of ether oxygens (including phenoxy) is 3. The Kier molecular flexibility index (Phi) is 7.64. The number of benzene rings is 1. The first kappa shape index (κ1) is 16.4. The van der Waals surface area contributed by atoms with Crippen molar-refractivity contribution >= 4 is 5.91 Å². The van der Waals surface area contributed by atoms with Crippen LogP contribution in [0.1, 0.15) is 15.9 Å². The van der Waals surface area contributed by atoms with Crippen LogP contribution in [0.4, 0.5) is 0 Å². The summed E-state index contributed by atoms with van der Waals surface area (Å²) in [4.78, 5) is 11.3. The van der Waals surface area contributed by atoms with E-state index in [9.17, 15) is 4.79 Å². The predicted molar refractivity (Wildman–Crippen MR) is 73.9 cm³/mol. The molecule has 0 aliphatic rings. The summed E-state index contributed by atoms with van der Waals surface area (Å²) in [5.41, 5.74) is 6.60. The summed E-state index contributed by atoms with van der Waals surface area (Å²) >= 11 is 0. The Bertz CT molecular complexity index is 422. The average Bonchev–Trinajstić information content (AvgIpc) is 2.45. The molecule has 20 heavy (non-hydrogen) atoms. The zero-order chi connectivity index (χ0) is 14.8. The van der Waals surface area contributed by atoms with Crippen molar-refractivity contribution in [3.05, 3.63) is 29.3 Å². The van der Waals surface area contributed by atoms with Gasteiger partial charge in [-0.15, -0.1) is 0 Å². The minimum absolute atomic E-state index is 0.00574. The molecule has 3 N–H and O–H groups in total. The highest BCUT2D eigenvalue weighted by Gasteiger charge is 2.09. The molecule has 0 fully saturated rings. The van der Waals surface area contributed by atoms with E-state index in [-0.39, 0.29) is 6.61 Å². The van der Waals surface area contributed by atoms with Gasteiger partial charge in [-0.25, -0.2) is 0 Å². The first-order chi connectivity index (χ1) is 9.69. The minimum atomic E-state index is -0.464. The van der Waals surface area contributed by atoms with Crippen molar-refractivity contribution in [3.8, 4) is 5.75 Å². The van der Waals surface area contributed by atoms with E-state index >= 15 is 0 Å². The van der Waals surface area contributed by atoms with Crippen molar-refractivity contribution in [3.63, 3.8) is 0 Å². The van der Waals surface area contributed by atoms with E-state index in [1.54, 1.807) is 25.3 Å². The van der Waals surface area contributed by atoms with Crippen LogP contribution in [0.5, 0.6) is 5.75 Å². The van der Waals surface area contributed by atoms with E-state index in [0.29, 0.717) is 44.2 Å². The van der Waals surface area contributed by atoms with E-state index in [0.717, 1.165) is 5.56 Å². The quantitative estimate of drug-likeness (QED) is 0.605. The number of nitrogens with two attached hydrogens (primary N) is 1. The van der Waals surface area contributed by atoms with Gasteiger partial charge in [-0.3, -0.25) is 4.79 Å². The lowest BCUT2D eigenvalue weighted by Crippen LogP contribution is -2.15. The van der Waals surface area contributed by atoms with Gasteiger partial charge in [-0.2, -0.15) is 0 Å². The lowest BCUT2D eigenvalue weighted by molar-refractivity contribution is 0.0340. The summed E-state index contributed by atoms with van der Waals surface area (Å²) in [6, 6.07) is 5.14. The molecule has 0 bridgehead atoms. The summed E-state index contributed by atoms with van der Waals surface area (Å²) < 4.78 is 15.6. The summed E-state index contributed by atoms with van der Waals surface area (Å²) in [5.74, 6) is 0.213. The molecule has 1 amide bonds. The molecule has 0 aliphatic carbocycles. The van der Waals surface area contributed by atoms with Crippen LogP contribution < -0.4 is 10.5 Å². The van der Waals surface area contributed by atoms with Crippen molar-refractivity contribution in [1.29, 1.82) is 0 Å². The lowest BCUT2D eigenvalue weighted by atomic mass is 10.0. The van der Waals surface area contributed by atoms with Crippen molar-refractivity contribution in [2.45, 2.75) is 6.42 Å². The molecule has 0 unspecified atom stereocenters.